The van der Waals surface area contributed by atoms with Crippen LogP contribution in [0.1, 0.15) is 12.8 Å². The summed E-state index contributed by atoms with van der Waals surface area (Å²) in [5.74, 6) is -5.02. The van der Waals surface area contributed by atoms with Gasteiger partial charge in [-0.1, -0.05) is 18.2 Å². The van der Waals surface area contributed by atoms with Crippen molar-refractivity contribution in [2.45, 2.75) is 18.4 Å². The quantitative estimate of drug-likeness (QED) is 0.573. The Morgan fingerprint density at radius 2 is 1.30 bits per heavy atom. The SMILES string of the molecule is O=C(O)CC(O)(CC(=O)O)C(=O)O.c1ccc2nnnc-2cc1. The lowest BCUT2D eigenvalue weighted by Gasteiger charge is -2.18. The lowest BCUT2D eigenvalue weighted by atomic mass is 9.96. The molecule has 23 heavy (non-hydrogen) atoms. The molecule has 1 aliphatic carbocycles. The summed E-state index contributed by atoms with van der Waals surface area (Å²) in [5.41, 5.74) is -1.06. The van der Waals surface area contributed by atoms with E-state index in [4.69, 9.17) is 20.4 Å². The first-order chi connectivity index (χ1) is 10.7. The number of hydrogen-bond donors (Lipinski definition) is 4. The van der Waals surface area contributed by atoms with E-state index >= 15 is 0 Å². The summed E-state index contributed by atoms with van der Waals surface area (Å²) in [4.78, 5) is 30.5. The summed E-state index contributed by atoms with van der Waals surface area (Å²) in [5, 5.41) is 44.9. The number of fused-ring (bicyclic) bond motifs is 1. The Labute approximate surface area is 129 Å². The maximum atomic E-state index is 10.3. The summed E-state index contributed by atoms with van der Waals surface area (Å²) in [6.07, 6.45) is -2.29. The standard InChI is InChI=1S/C7H5N3.C6H8O7/c1-2-4-6-7(5-3-1)9-10-8-6;7-3(8)1-6(13,5(11)12)2-4(9)10/h1-5H;13H,1-2H2,(H,7,8)(H,9,10)(H,11,12). The Morgan fingerprint density at radius 3 is 1.65 bits per heavy atom. The highest BCUT2D eigenvalue weighted by Crippen LogP contribution is 2.15. The van der Waals surface area contributed by atoms with Crippen LogP contribution in [0.2, 0.25) is 0 Å². The van der Waals surface area contributed by atoms with Gasteiger partial charge >= 0.3 is 17.9 Å². The van der Waals surface area contributed by atoms with Crippen molar-refractivity contribution in [3.8, 4) is 11.4 Å². The summed E-state index contributed by atoms with van der Waals surface area (Å²) < 4.78 is 0. The number of carboxylic acids is 3. The Hall–Kier alpha value is -3.14. The molecule has 2 rings (SSSR count). The third-order valence-electron chi connectivity index (χ3n) is 2.58. The molecule has 0 saturated carbocycles. The molecule has 0 aromatic heterocycles. The third kappa shape index (κ3) is 5.63. The Morgan fingerprint density at radius 1 is 0.870 bits per heavy atom. The predicted molar refractivity (Wildman–Crippen MR) is 73.5 cm³/mol. The van der Waals surface area contributed by atoms with E-state index in [1.807, 2.05) is 30.3 Å². The predicted octanol–water partition coefficient (Wildman–Crippen LogP) is -0.272. The first-order valence-corrected chi connectivity index (χ1v) is 6.18. The van der Waals surface area contributed by atoms with Gasteiger partial charge in [0.2, 0.25) is 0 Å². The molecule has 0 amide bonds. The molecule has 0 aromatic rings. The minimum atomic E-state index is -2.74. The number of hydrogen-bond acceptors (Lipinski definition) is 7. The van der Waals surface area contributed by atoms with E-state index in [1.54, 1.807) is 0 Å². The zero-order valence-electron chi connectivity index (χ0n) is 11.7. The molecule has 2 aliphatic rings. The van der Waals surface area contributed by atoms with E-state index < -0.39 is 36.4 Å². The number of rotatable bonds is 5. The van der Waals surface area contributed by atoms with Crippen molar-refractivity contribution in [2.24, 2.45) is 0 Å². The third-order valence-corrected chi connectivity index (χ3v) is 2.58. The van der Waals surface area contributed by atoms with E-state index in [1.165, 1.54) is 0 Å². The average molecular weight is 323 g/mol. The zero-order valence-corrected chi connectivity index (χ0v) is 11.7. The molecule has 4 N–H and O–H groups in total. The maximum Gasteiger partial charge on any atom is 0.336 e. The lowest BCUT2D eigenvalue weighted by molar-refractivity contribution is -0.170. The number of aliphatic hydroxyl groups is 1. The van der Waals surface area contributed by atoms with Gasteiger partial charge in [0.1, 0.15) is 11.4 Å². The van der Waals surface area contributed by atoms with Crippen LogP contribution in [0.4, 0.5) is 0 Å². The summed E-state index contributed by atoms with van der Waals surface area (Å²) in [6.45, 7) is 0. The van der Waals surface area contributed by atoms with E-state index in [0.717, 1.165) is 11.4 Å². The van der Waals surface area contributed by atoms with Gasteiger partial charge in [0.05, 0.1) is 12.8 Å². The maximum absolute atomic E-state index is 10.3. The molecule has 0 radical (unpaired) electrons. The van der Waals surface area contributed by atoms with E-state index in [0.29, 0.717) is 0 Å². The van der Waals surface area contributed by atoms with Crippen molar-refractivity contribution in [1.82, 2.24) is 15.4 Å². The summed E-state index contributed by atoms with van der Waals surface area (Å²) >= 11 is 0. The Bertz CT molecular complexity index is 632. The molecule has 122 valence electrons. The van der Waals surface area contributed by atoms with Crippen LogP contribution in [0.3, 0.4) is 0 Å². The highest BCUT2D eigenvalue weighted by atomic mass is 16.4. The second kappa shape index (κ2) is 7.75. The fourth-order valence-electron chi connectivity index (χ4n) is 1.53. The normalized spacial score (nSPS) is 10.5. The van der Waals surface area contributed by atoms with Gasteiger partial charge in [0.15, 0.2) is 5.60 Å². The van der Waals surface area contributed by atoms with Gasteiger partial charge in [-0.25, -0.2) is 4.79 Å². The largest absolute Gasteiger partial charge is 0.481 e. The zero-order chi connectivity index (χ0) is 17.5. The summed E-state index contributed by atoms with van der Waals surface area (Å²) in [7, 11) is 0. The first kappa shape index (κ1) is 17.9. The molecular formula is C13H13N3O7. The van der Waals surface area contributed by atoms with Crippen LogP contribution < -0.4 is 0 Å². The molecule has 0 atom stereocenters. The number of aliphatic carboxylic acids is 3. The van der Waals surface area contributed by atoms with Crippen LogP contribution in [0.15, 0.2) is 30.3 Å². The van der Waals surface area contributed by atoms with Crippen molar-refractivity contribution in [1.29, 1.82) is 0 Å². The van der Waals surface area contributed by atoms with Crippen LogP contribution in [0, 0.1) is 0 Å². The number of carboxylic acid groups (broad SMARTS) is 3. The molecule has 0 saturated heterocycles. The van der Waals surface area contributed by atoms with Gasteiger partial charge in [-0.15, -0.1) is 10.2 Å². The van der Waals surface area contributed by atoms with Crippen molar-refractivity contribution in [2.75, 3.05) is 0 Å². The molecule has 10 nitrogen and oxygen atoms in total. The highest BCUT2D eigenvalue weighted by Gasteiger charge is 2.40. The fourth-order valence-corrected chi connectivity index (χ4v) is 1.53. The lowest BCUT2D eigenvalue weighted by Crippen LogP contribution is -2.42. The highest BCUT2D eigenvalue weighted by molar-refractivity contribution is 5.88. The summed E-state index contributed by atoms with van der Waals surface area (Å²) in [6, 6.07) is 9.53. The molecule has 1 heterocycles. The first-order valence-electron chi connectivity index (χ1n) is 6.18. The topological polar surface area (TPSA) is 171 Å². The Balaban J connectivity index is 0.000000235. The molecule has 0 bridgehead atoms. The Kier molecular flexibility index (Phi) is 6.04. The smallest absolute Gasteiger partial charge is 0.336 e. The minimum Gasteiger partial charge on any atom is -0.481 e. The van der Waals surface area contributed by atoms with Crippen molar-refractivity contribution >= 4 is 17.9 Å². The van der Waals surface area contributed by atoms with Gasteiger partial charge in [0, 0.05) is 0 Å². The second-order valence-corrected chi connectivity index (χ2v) is 4.45. The molecular weight excluding hydrogens is 310 g/mol. The van der Waals surface area contributed by atoms with Gasteiger partial charge < -0.3 is 20.4 Å². The van der Waals surface area contributed by atoms with E-state index in [-0.39, 0.29) is 0 Å². The molecule has 0 aromatic carbocycles. The van der Waals surface area contributed by atoms with Crippen LogP contribution in [-0.2, 0) is 14.4 Å². The van der Waals surface area contributed by atoms with Gasteiger partial charge in [-0.2, -0.15) is 0 Å². The molecule has 0 spiro atoms. The fraction of sp³-hybridized carbons (Fsp3) is 0.231. The molecule has 1 aliphatic heterocycles. The average Bonchev–Trinajstić information content (AvgIpc) is 2.74. The van der Waals surface area contributed by atoms with E-state index in [2.05, 4.69) is 15.4 Å². The van der Waals surface area contributed by atoms with Crippen LogP contribution in [0.5, 0.6) is 0 Å². The monoisotopic (exact) mass is 323 g/mol. The van der Waals surface area contributed by atoms with Crippen LogP contribution in [0.25, 0.3) is 11.4 Å². The van der Waals surface area contributed by atoms with Crippen molar-refractivity contribution in [3.05, 3.63) is 30.3 Å². The van der Waals surface area contributed by atoms with E-state index in [9.17, 15) is 14.4 Å². The minimum absolute atomic E-state index is 0.838. The second-order valence-electron chi connectivity index (χ2n) is 4.45. The van der Waals surface area contributed by atoms with Gasteiger partial charge in [-0.3, -0.25) is 9.59 Å². The van der Waals surface area contributed by atoms with Gasteiger partial charge in [-0.05, 0) is 17.3 Å². The molecule has 0 fully saturated rings. The van der Waals surface area contributed by atoms with Crippen LogP contribution >= 0.6 is 0 Å². The van der Waals surface area contributed by atoms with Crippen LogP contribution in [-0.4, -0.2) is 59.3 Å². The molecule has 10 heteroatoms. The number of aromatic nitrogens is 3. The number of nitrogens with zero attached hydrogens (tertiary/aromatic N) is 3. The number of carbonyl (C=O) groups is 3. The van der Waals surface area contributed by atoms with Gasteiger partial charge in [0.25, 0.3) is 0 Å². The molecule has 0 unspecified atom stereocenters. The van der Waals surface area contributed by atoms with Crippen molar-refractivity contribution in [3.63, 3.8) is 0 Å². The van der Waals surface area contributed by atoms with Crippen molar-refractivity contribution < 1.29 is 34.8 Å².